The van der Waals surface area contributed by atoms with E-state index in [4.69, 9.17) is 11.6 Å². The van der Waals surface area contributed by atoms with Crippen LogP contribution in [0.25, 0.3) is 0 Å². The summed E-state index contributed by atoms with van der Waals surface area (Å²) in [5.41, 5.74) is 0.0644. The lowest BCUT2D eigenvalue weighted by molar-refractivity contribution is 0.603. The second-order valence-electron chi connectivity index (χ2n) is 3.06. The molecule has 0 bridgehead atoms. The van der Waals surface area contributed by atoms with Gasteiger partial charge < -0.3 is 0 Å². The van der Waals surface area contributed by atoms with Crippen LogP contribution in [-0.4, -0.2) is 13.4 Å². The molecule has 0 fully saturated rings. The van der Waals surface area contributed by atoms with Gasteiger partial charge in [-0.2, -0.15) is 0 Å². The second-order valence-corrected chi connectivity index (χ2v) is 6.68. The lowest BCUT2D eigenvalue weighted by Crippen LogP contribution is -2.11. The number of pyridine rings is 1. The maximum atomic E-state index is 12.8. The smallest absolute Gasteiger partial charge is 0.271 e. The fourth-order valence-electron chi connectivity index (χ4n) is 1.12. The van der Waals surface area contributed by atoms with Gasteiger partial charge in [0, 0.05) is 6.07 Å². The summed E-state index contributed by atoms with van der Waals surface area (Å²) in [5, 5.41) is 0. The van der Waals surface area contributed by atoms with Gasteiger partial charge in [-0.15, -0.1) is 11.3 Å². The van der Waals surface area contributed by atoms with Crippen molar-refractivity contribution in [3.8, 4) is 0 Å². The molecular weight excluding hydrogens is 287 g/mol. The van der Waals surface area contributed by atoms with E-state index in [2.05, 4.69) is 9.71 Å². The molecule has 0 aliphatic heterocycles. The van der Waals surface area contributed by atoms with E-state index in [0.717, 1.165) is 23.6 Å². The highest BCUT2D eigenvalue weighted by molar-refractivity contribution is 7.94. The molecule has 0 aliphatic rings. The van der Waals surface area contributed by atoms with Gasteiger partial charge in [-0.05, 0) is 12.1 Å². The maximum absolute atomic E-state index is 12.8. The number of rotatable bonds is 3. The van der Waals surface area contributed by atoms with Gasteiger partial charge in [0.2, 0.25) is 0 Å². The molecule has 2 rings (SSSR count). The van der Waals surface area contributed by atoms with Crippen LogP contribution in [0.15, 0.2) is 34.8 Å². The Hall–Kier alpha value is -1.18. The van der Waals surface area contributed by atoms with Gasteiger partial charge in [-0.1, -0.05) is 11.6 Å². The Kier molecular flexibility index (Phi) is 3.32. The van der Waals surface area contributed by atoms with Crippen LogP contribution in [0.4, 0.5) is 10.1 Å². The van der Waals surface area contributed by atoms with Gasteiger partial charge in [0.05, 0.1) is 22.4 Å². The van der Waals surface area contributed by atoms with Crippen LogP contribution >= 0.6 is 22.9 Å². The quantitative estimate of drug-likeness (QED) is 0.946. The van der Waals surface area contributed by atoms with Gasteiger partial charge in [0.15, 0.2) is 0 Å². The topological polar surface area (TPSA) is 59.1 Å². The number of hydrogen-bond acceptors (Lipinski definition) is 4. The van der Waals surface area contributed by atoms with Crippen molar-refractivity contribution in [2.24, 2.45) is 0 Å². The Morgan fingerprint density at radius 3 is 2.71 bits per heavy atom. The van der Waals surface area contributed by atoms with Crippen LogP contribution in [-0.2, 0) is 10.0 Å². The average molecular weight is 293 g/mol. The first-order valence-electron chi connectivity index (χ1n) is 4.36. The van der Waals surface area contributed by atoms with E-state index in [9.17, 15) is 12.8 Å². The van der Waals surface area contributed by atoms with Crippen molar-refractivity contribution in [1.29, 1.82) is 0 Å². The van der Waals surface area contributed by atoms with E-state index < -0.39 is 15.8 Å². The van der Waals surface area contributed by atoms with E-state index >= 15 is 0 Å². The molecule has 17 heavy (non-hydrogen) atoms. The molecule has 0 atom stereocenters. The number of halogens is 2. The van der Waals surface area contributed by atoms with Crippen molar-refractivity contribution in [2.75, 3.05) is 4.72 Å². The van der Waals surface area contributed by atoms with E-state index in [-0.39, 0.29) is 9.90 Å². The molecule has 0 saturated heterocycles. The van der Waals surface area contributed by atoms with Crippen LogP contribution in [0.2, 0.25) is 4.34 Å². The molecule has 0 amide bonds. The van der Waals surface area contributed by atoms with Crippen LogP contribution < -0.4 is 4.72 Å². The third-order valence-corrected chi connectivity index (χ3v) is 4.87. The van der Waals surface area contributed by atoms with Crippen LogP contribution in [0, 0.1) is 5.82 Å². The number of nitrogens with one attached hydrogen (secondary N) is 1. The number of sulfonamides is 1. The molecule has 0 radical (unpaired) electrons. The van der Waals surface area contributed by atoms with Crippen molar-refractivity contribution >= 4 is 38.6 Å². The van der Waals surface area contributed by atoms with Crippen LogP contribution in [0.3, 0.4) is 0 Å². The van der Waals surface area contributed by atoms with Gasteiger partial charge >= 0.3 is 0 Å². The molecule has 0 spiro atoms. The molecule has 2 aromatic heterocycles. The molecule has 8 heteroatoms. The number of nitrogens with zero attached hydrogens (tertiary/aromatic N) is 1. The SMILES string of the molecule is O=S(=O)(Nc1cncc(F)c1)c1ccc(Cl)s1. The minimum absolute atomic E-state index is 0.0618. The van der Waals surface area contributed by atoms with Crippen molar-refractivity contribution in [1.82, 2.24) is 4.98 Å². The van der Waals surface area contributed by atoms with Gasteiger partial charge in [0.1, 0.15) is 10.0 Å². The number of hydrogen-bond donors (Lipinski definition) is 1. The fraction of sp³-hybridized carbons (Fsp3) is 0. The molecule has 4 nitrogen and oxygen atoms in total. The largest absolute Gasteiger partial charge is 0.277 e. The minimum Gasteiger partial charge on any atom is -0.277 e. The zero-order valence-electron chi connectivity index (χ0n) is 8.22. The lowest BCUT2D eigenvalue weighted by atomic mass is 10.4. The average Bonchev–Trinajstić information content (AvgIpc) is 2.65. The molecular formula is C9H6ClFN2O2S2. The van der Waals surface area contributed by atoms with E-state index in [0.29, 0.717) is 4.34 Å². The number of thiophene rings is 1. The van der Waals surface area contributed by atoms with Crippen molar-refractivity contribution in [2.45, 2.75) is 4.21 Å². The maximum Gasteiger partial charge on any atom is 0.271 e. The molecule has 2 aromatic rings. The van der Waals surface area contributed by atoms with Gasteiger partial charge in [-0.25, -0.2) is 12.8 Å². The third-order valence-electron chi connectivity index (χ3n) is 1.77. The summed E-state index contributed by atoms with van der Waals surface area (Å²) in [5.74, 6) is -0.616. The summed E-state index contributed by atoms with van der Waals surface area (Å²) < 4.78 is 39.1. The summed E-state index contributed by atoms with van der Waals surface area (Å²) in [7, 11) is -3.73. The lowest BCUT2D eigenvalue weighted by Gasteiger charge is -2.05. The highest BCUT2D eigenvalue weighted by Crippen LogP contribution is 2.27. The molecule has 0 aromatic carbocycles. The van der Waals surface area contributed by atoms with Gasteiger partial charge in [-0.3, -0.25) is 9.71 Å². The predicted octanol–water partition coefficient (Wildman–Crippen LogP) is 2.74. The molecule has 1 N–H and O–H groups in total. The highest BCUT2D eigenvalue weighted by atomic mass is 35.5. The summed E-state index contributed by atoms with van der Waals surface area (Å²) in [6.45, 7) is 0. The number of anilines is 1. The first kappa shape index (κ1) is 12.3. The predicted molar refractivity (Wildman–Crippen MR) is 64.3 cm³/mol. The number of aromatic nitrogens is 1. The normalized spacial score (nSPS) is 11.4. The Balaban J connectivity index is 2.29. The minimum atomic E-state index is -3.73. The van der Waals surface area contributed by atoms with Crippen molar-refractivity contribution in [3.63, 3.8) is 0 Å². The highest BCUT2D eigenvalue weighted by Gasteiger charge is 2.16. The Bertz CT molecular complexity index is 642. The Labute approximate surface area is 106 Å². The van der Waals surface area contributed by atoms with Crippen molar-refractivity contribution < 1.29 is 12.8 Å². The molecule has 0 unspecified atom stereocenters. The first-order valence-corrected chi connectivity index (χ1v) is 7.04. The zero-order valence-corrected chi connectivity index (χ0v) is 10.6. The van der Waals surface area contributed by atoms with Gasteiger partial charge in [0.25, 0.3) is 10.0 Å². The Morgan fingerprint density at radius 1 is 1.35 bits per heavy atom. The molecule has 0 saturated carbocycles. The summed E-state index contributed by atoms with van der Waals surface area (Å²) >= 11 is 6.57. The first-order chi connectivity index (χ1) is 7.97. The molecule has 90 valence electrons. The van der Waals surface area contributed by atoms with Crippen LogP contribution in [0.5, 0.6) is 0 Å². The second kappa shape index (κ2) is 4.59. The molecule has 0 aliphatic carbocycles. The summed E-state index contributed by atoms with van der Waals surface area (Å²) in [6.07, 6.45) is 2.20. The van der Waals surface area contributed by atoms with E-state index in [1.54, 1.807) is 0 Å². The Morgan fingerprint density at radius 2 is 2.12 bits per heavy atom. The molecule has 2 heterocycles. The summed E-state index contributed by atoms with van der Waals surface area (Å²) in [6, 6.07) is 3.90. The van der Waals surface area contributed by atoms with E-state index in [1.165, 1.54) is 18.3 Å². The standard InChI is InChI=1S/C9H6ClFN2O2S2/c10-8-1-2-9(16-8)17(14,15)13-7-3-6(11)4-12-5-7/h1-5,13H. The third kappa shape index (κ3) is 2.93. The monoisotopic (exact) mass is 292 g/mol. The van der Waals surface area contributed by atoms with Crippen molar-refractivity contribution in [3.05, 3.63) is 40.7 Å². The zero-order chi connectivity index (χ0) is 12.5. The van der Waals surface area contributed by atoms with E-state index in [1.807, 2.05) is 0 Å². The summed E-state index contributed by atoms with van der Waals surface area (Å²) in [4.78, 5) is 3.54. The fourth-order valence-corrected chi connectivity index (χ4v) is 3.63. The van der Waals surface area contributed by atoms with Crippen LogP contribution in [0.1, 0.15) is 0 Å².